The summed E-state index contributed by atoms with van der Waals surface area (Å²) < 4.78 is 27.3. The van der Waals surface area contributed by atoms with Gasteiger partial charge in [-0.15, -0.1) is 0 Å². The van der Waals surface area contributed by atoms with E-state index in [1.807, 2.05) is 0 Å². The summed E-state index contributed by atoms with van der Waals surface area (Å²) in [5.74, 6) is 0.340. The van der Waals surface area contributed by atoms with Crippen LogP contribution in [-0.2, 0) is 10.2 Å². The van der Waals surface area contributed by atoms with Crippen molar-refractivity contribution >= 4 is 32.0 Å². The maximum absolute atomic E-state index is 11.5. The average Bonchev–Trinajstić information content (AvgIpc) is 2.09. The molecule has 0 bridgehead atoms. The summed E-state index contributed by atoms with van der Waals surface area (Å²) in [4.78, 5) is 3.98. The first-order valence-electron chi connectivity index (χ1n) is 4.15. The van der Waals surface area contributed by atoms with Crippen molar-refractivity contribution in [1.29, 1.82) is 0 Å². The molecule has 0 aromatic carbocycles. The molecule has 1 aromatic rings. The normalized spacial score (nSPS) is 11.8. The molecule has 15 heavy (non-hydrogen) atoms. The number of hydrogen-bond donors (Lipinski definition) is 1. The fourth-order valence-electron chi connectivity index (χ4n) is 0.861. The quantitative estimate of drug-likeness (QED) is 0.916. The van der Waals surface area contributed by atoms with Crippen molar-refractivity contribution in [2.24, 2.45) is 0 Å². The first-order chi connectivity index (χ1) is 6.83. The molecule has 0 aliphatic rings. The molecule has 1 aromatic heterocycles. The number of pyridine rings is 1. The van der Waals surface area contributed by atoms with Crippen molar-refractivity contribution in [1.82, 2.24) is 9.29 Å². The lowest BCUT2D eigenvalue weighted by molar-refractivity contribution is 0.526. The van der Waals surface area contributed by atoms with E-state index in [0.717, 1.165) is 14.3 Å². The summed E-state index contributed by atoms with van der Waals surface area (Å²) in [6.07, 6.45) is 1.54. The Morgan fingerprint density at radius 3 is 2.53 bits per heavy atom. The first-order valence-corrected chi connectivity index (χ1v) is 6.38. The Hall–Kier alpha value is -0.660. The van der Waals surface area contributed by atoms with Gasteiger partial charge >= 0.3 is 10.2 Å². The summed E-state index contributed by atoms with van der Waals surface area (Å²) in [6.45, 7) is 1.78. The number of nitrogens with one attached hydrogen (secondary N) is 1. The van der Waals surface area contributed by atoms with Crippen LogP contribution in [0, 0.1) is 6.92 Å². The lowest BCUT2D eigenvalue weighted by Crippen LogP contribution is -2.29. The van der Waals surface area contributed by atoms with Crippen LogP contribution in [0.1, 0.15) is 5.56 Å². The number of aromatic nitrogens is 1. The van der Waals surface area contributed by atoms with E-state index < -0.39 is 10.2 Å². The number of rotatable bonds is 3. The van der Waals surface area contributed by atoms with Crippen molar-refractivity contribution in [3.63, 3.8) is 0 Å². The van der Waals surface area contributed by atoms with E-state index in [1.165, 1.54) is 14.1 Å². The highest BCUT2D eigenvalue weighted by molar-refractivity contribution is 9.10. The third-order valence-electron chi connectivity index (χ3n) is 1.75. The van der Waals surface area contributed by atoms with Crippen LogP contribution >= 0.6 is 15.9 Å². The van der Waals surface area contributed by atoms with Gasteiger partial charge in [0.15, 0.2) is 0 Å². The number of halogens is 1. The molecule has 0 spiro atoms. The van der Waals surface area contributed by atoms with Gasteiger partial charge in [-0.25, -0.2) is 4.98 Å². The number of anilines is 1. The number of nitrogens with zero attached hydrogens (tertiary/aromatic N) is 2. The average molecular weight is 294 g/mol. The fourth-order valence-corrected chi connectivity index (χ4v) is 1.95. The molecule has 1 heterocycles. The second-order valence-electron chi connectivity index (χ2n) is 3.21. The van der Waals surface area contributed by atoms with Crippen LogP contribution in [0.5, 0.6) is 0 Å². The topological polar surface area (TPSA) is 62.3 Å². The van der Waals surface area contributed by atoms with Crippen LogP contribution < -0.4 is 4.72 Å². The Morgan fingerprint density at radius 2 is 2.07 bits per heavy atom. The monoisotopic (exact) mass is 293 g/mol. The van der Waals surface area contributed by atoms with Crippen LogP contribution in [0.2, 0.25) is 0 Å². The van der Waals surface area contributed by atoms with Crippen molar-refractivity contribution in [3.8, 4) is 0 Å². The summed E-state index contributed by atoms with van der Waals surface area (Å²) in [7, 11) is -0.571. The van der Waals surface area contributed by atoms with Crippen LogP contribution in [0.25, 0.3) is 0 Å². The van der Waals surface area contributed by atoms with Gasteiger partial charge in [0, 0.05) is 24.8 Å². The Kier molecular flexibility index (Phi) is 3.69. The van der Waals surface area contributed by atoms with E-state index in [2.05, 4.69) is 25.6 Å². The molecular formula is C8H12BrN3O2S. The molecule has 84 valence electrons. The summed E-state index contributed by atoms with van der Waals surface area (Å²) >= 11 is 3.25. The maximum atomic E-state index is 11.5. The number of hydrogen-bond acceptors (Lipinski definition) is 3. The first kappa shape index (κ1) is 12.4. The lowest BCUT2D eigenvalue weighted by atomic mass is 10.3. The molecule has 1 rings (SSSR count). The van der Waals surface area contributed by atoms with Gasteiger partial charge in [-0.1, -0.05) is 0 Å². The fraction of sp³-hybridized carbons (Fsp3) is 0.375. The largest absolute Gasteiger partial charge is 0.302 e. The van der Waals surface area contributed by atoms with E-state index >= 15 is 0 Å². The number of aryl methyl sites for hydroxylation is 1. The maximum Gasteiger partial charge on any atom is 0.302 e. The minimum atomic E-state index is -3.48. The van der Waals surface area contributed by atoms with Gasteiger partial charge in [0.1, 0.15) is 5.82 Å². The van der Waals surface area contributed by atoms with Crippen molar-refractivity contribution in [2.75, 3.05) is 18.8 Å². The van der Waals surface area contributed by atoms with Gasteiger partial charge in [0.05, 0.1) is 0 Å². The van der Waals surface area contributed by atoms with Gasteiger partial charge in [0.25, 0.3) is 0 Å². The molecule has 0 saturated carbocycles. The predicted octanol–water partition coefficient (Wildman–Crippen LogP) is 1.37. The van der Waals surface area contributed by atoms with E-state index in [-0.39, 0.29) is 0 Å². The highest BCUT2D eigenvalue weighted by Crippen LogP contribution is 2.17. The zero-order valence-electron chi connectivity index (χ0n) is 8.65. The third-order valence-corrected chi connectivity index (χ3v) is 3.60. The lowest BCUT2D eigenvalue weighted by Gasteiger charge is -2.14. The summed E-state index contributed by atoms with van der Waals surface area (Å²) in [5.41, 5.74) is 0.759. The molecule has 5 nitrogen and oxygen atoms in total. The SMILES string of the molecule is Cc1cc(Br)cnc1NS(=O)(=O)N(C)C. The summed E-state index contributed by atoms with van der Waals surface area (Å²) in [5, 5.41) is 0. The molecule has 0 aliphatic heterocycles. The Balaban J connectivity index is 3.01. The second-order valence-corrected chi connectivity index (χ2v) is 6.01. The van der Waals surface area contributed by atoms with Crippen LogP contribution in [0.4, 0.5) is 5.82 Å². The van der Waals surface area contributed by atoms with Gasteiger partial charge < -0.3 is 0 Å². The minimum absolute atomic E-state index is 0.340. The molecular weight excluding hydrogens is 282 g/mol. The summed E-state index contributed by atoms with van der Waals surface area (Å²) in [6, 6.07) is 1.79. The molecule has 1 N–H and O–H groups in total. The van der Waals surface area contributed by atoms with Crippen LogP contribution in [0.3, 0.4) is 0 Å². The zero-order valence-corrected chi connectivity index (χ0v) is 11.1. The van der Waals surface area contributed by atoms with Gasteiger partial charge in [-0.3, -0.25) is 4.72 Å². The predicted molar refractivity (Wildman–Crippen MR) is 62.9 cm³/mol. The van der Waals surface area contributed by atoms with Gasteiger partial charge in [-0.05, 0) is 34.5 Å². The van der Waals surface area contributed by atoms with Crippen molar-refractivity contribution in [3.05, 3.63) is 22.3 Å². The van der Waals surface area contributed by atoms with Gasteiger partial charge in [-0.2, -0.15) is 12.7 Å². The van der Waals surface area contributed by atoms with Crippen molar-refractivity contribution < 1.29 is 8.42 Å². The molecule has 0 saturated heterocycles. The van der Waals surface area contributed by atoms with Crippen LogP contribution in [0.15, 0.2) is 16.7 Å². The minimum Gasteiger partial charge on any atom is -0.254 e. The van der Waals surface area contributed by atoms with E-state index in [1.54, 1.807) is 19.2 Å². The highest BCUT2D eigenvalue weighted by Gasteiger charge is 2.14. The molecule has 0 fully saturated rings. The zero-order chi connectivity index (χ0) is 11.6. The van der Waals surface area contributed by atoms with Gasteiger partial charge in [0.2, 0.25) is 0 Å². The molecule has 0 atom stereocenters. The van der Waals surface area contributed by atoms with Crippen LogP contribution in [-0.4, -0.2) is 31.8 Å². The Bertz CT molecular complexity index is 459. The Morgan fingerprint density at radius 1 is 1.47 bits per heavy atom. The standard InChI is InChI=1S/C8H12BrN3O2S/c1-6-4-7(9)5-10-8(6)11-15(13,14)12(2)3/h4-5H,1-3H3,(H,10,11). The van der Waals surface area contributed by atoms with Crippen molar-refractivity contribution in [2.45, 2.75) is 6.92 Å². The molecule has 0 aliphatic carbocycles. The molecule has 0 unspecified atom stereocenters. The molecule has 0 amide bonds. The molecule has 7 heteroatoms. The Labute approximate surface area is 97.8 Å². The van der Waals surface area contributed by atoms with E-state index in [9.17, 15) is 8.42 Å². The van der Waals surface area contributed by atoms with E-state index in [4.69, 9.17) is 0 Å². The highest BCUT2D eigenvalue weighted by atomic mass is 79.9. The van der Waals surface area contributed by atoms with E-state index in [0.29, 0.717) is 5.82 Å². The second kappa shape index (κ2) is 4.46. The third kappa shape index (κ3) is 3.15. The molecule has 0 radical (unpaired) electrons. The smallest absolute Gasteiger partial charge is 0.254 e.